The molecular weight excluding hydrogens is 399 g/mol. The van der Waals surface area contributed by atoms with E-state index in [2.05, 4.69) is 5.32 Å². The van der Waals surface area contributed by atoms with Crippen LogP contribution in [0.25, 0.3) is 0 Å². The number of piperazine rings is 1. The van der Waals surface area contributed by atoms with E-state index in [1.807, 2.05) is 16.7 Å². The molecule has 2 aliphatic heterocycles. The van der Waals surface area contributed by atoms with Gasteiger partial charge in [-0.1, -0.05) is 6.07 Å². The largest absolute Gasteiger partial charge is 0.454 e. The van der Waals surface area contributed by atoms with Crippen LogP contribution in [0.3, 0.4) is 0 Å². The zero-order valence-electron chi connectivity index (χ0n) is 16.4. The second-order valence-electron chi connectivity index (χ2n) is 7.30. The summed E-state index contributed by atoms with van der Waals surface area (Å²) in [7, 11) is 0. The smallest absolute Gasteiger partial charge is 0.416 e. The van der Waals surface area contributed by atoms with Crippen LogP contribution in [0.4, 0.5) is 24.5 Å². The number of anilines is 2. The summed E-state index contributed by atoms with van der Waals surface area (Å²) in [6.45, 7) is 4.23. The number of carbonyl (C=O) groups excluding carboxylic acids is 1. The molecule has 160 valence electrons. The molecule has 6 nitrogen and oxygen atoms in total. The Bertz CT molecular complexity index is 927. The predicted molar refractivity (Wildman–Crippen MR) is 106 cm³/mol. The Hall–Kier alpha value is -2.94. The lowest BCUT2D eigenvalue weighted by Crippen LogP contribution is -2.52. The Morgan fingerprint density at radius 2 is 1.77 bits per heavy atom. The minimum atomic E-state index is -4.36. The zero-order valence-corrected chi connectivity index (χ0v) is 16.4. The van der Waals surface area contributed by atoms with E-state index in [0.29, 0.717) is 49.1 Å². The van der Waals surface area contributed by atoms with Gasteiger partial charge in [0.15, 0.2) is 11.5 Å². The van der Waals surface area contributed by atoms with Crippen LogP contribution in [0.1, 0.15) is 12.5 Å². The summed E-state index contributed by atoms with van der Waals surface area (Å²) in [4.78, 5) is 16.6. The number of halogens is 3. The fraction of sp³-hybridized carbons (Fsp3) is 0.381. The van der Waals surface area contributed by atoms with E-state index < -0.39 is 11.7 Å². The van der Waals surface area contributed by atoms with Gasteiger partial charge in [0.25, 0.3) is 0 Å². The van der Waals surface area contributed by atoms with Gasteiger partial charge < -0.3 is 19.7 Å². The molecule has 2 aromatic carbocycles. The summed E-state index contributed by atoms with van der Waals surface area (Å²) >= 11 is 0. The first-order valence-corrected chi connectivity index (χ1v) is 9.68. The monoisotopic (exact) mass is 421 g/mol. The predicted octanol–water partition coefficient (Wildman–Crippen LogP) is 3.58. The van der Waals surface area contributed by atoms with Crippen LogP contribution in [-0.4, -0.2) is 49.8 Å². The van der Waals surface area contributed by atoms with Gasteiger partial charge in [0.05, 0.1) is 11.6 Å². The van der Waals surface area contributed by atoms with E-state index in [-0.39, 0.29) is 18.7 Å². The van der Waals surface area contributed by atoms with Crippen LogP contribution >= 0.6 is 0 Å². The van der Waals surface area contributed by atoms with Crippen molar-refractivity contribution in [2.24, 2.45) is 0 Å². The van der Waals surface area contributed by atoms with Gasteiger partial charge in [-0.2, -0.15) is 13.2 Å². The van der Waals surface area contributed by atoms with Crippen LogP contribution in [0.5, 0.6) is 11.5 Å². The first-order valence-electron chi connectivity index (χ1n) is 9.68. The Labute approximate surface area is 172 Å². The number of amides is 1. The molecule has 9 heteroatoms. The van der Waals surface area contributed by atoms with Gasteiger partial charge in [0.2, 0.25) is 12.7 Å². The topological polar surface area (TPSA) is 54.0 Å². The molecule has 1 N–H and O–H groups in total. The molecule has 1 fully saturated rings. The molecule has 0 saturated carbocycles. The standard InChI is InChI=1S/C21H22F3N3O3/c1-14(20(28)25-16-5-6-18-19(12-16)30-13-29-18)26-7-9-27(10-8-26)17-4-2-3-15(11-17)21(22,23)24/h2-6,11-12,14H,7-10,13H2,1H3,(H,25,28)/t14-/m1/s1. The number of ether oxygens (including phenoxy) is 2. The number of carbonyl (C=O) groups is 1. The average Bonchev–Trinajstić information content (AvgIpc) is 3.21. The highest BCUT2D eigenvalue weighted by molar-refractivity contribution is 5.94. The molecule has 2 heterocycles. The first kappa shape index (κ1) is 20.3. The maximum absolute atomic E-state index is 13.0. The second-order valence-corrected chi connectivity index (χ2v) is 7.30. The number of rotatable bonds is 4. The quantitative estimate of drug-likeness (QED) is 0.818. The van der Waals surface area contributed by atoms with Gasteiger partial charge in [-0.15, -0.1) is 0 Å². The molecule has 0 unspecified atom stereocenters. The van der Waals surface area contributed by atoms with Gasteiger partial charge in [-0.25, -0.2) is 0 Å². The normalized spacial score (nSPS) is 17.7. The fourth-order valence-corrected chi connectivity index (χ4v) is 3.63. The molecular formula is C21H22F3N3O3. The van der Waals surface area contributed by atoms with Crippen molar-refractivity contribution in [1.82, 2.24) is 4.90 Å². The SMILES string of the molecule is C[C@H](C(=O)Nc1ccc2c(c1)OCO2)N1CCN(c2cccc(C(F)(F)F)c2)CC1. The van der Waals surface area contributed by atoms with Gasteiger partial charge >= 0.3 is 6.18 Å². The van der Waals surface area contributed by atoms with Crippen molar-refractivity contribution in [2.45, 2.75) is 19.1 Å². The minimum Gasteiger partial charge on any atom is -0.454 e. The van der Waals surface area contributed by atoms with E-state index >= 15 is 0 Å². The molecule has 0 aliphatic carbocycles. The van der Waals surface area contributed by atoms with Gasteiger partial charge in [-0.05, 0) is 37.3 Å². The van der Waals surface area contributed by atoms with Crippen LogP contribution in [0.2, 0.25) is 0 Å². The molecule has 1 saturated heterocycles. The van der Waals surface area contributed by atoms with Crippen molar-refractivity contribution in [3.05, 3.63) is 48.0 Å². The number of nitrogens with one attached hydrogen (secondary N) is 1. The fourth-order valence-electron chi connectivity index (χ4n) is 3.63. The highest BCUT2D eigenvalue weighted by Crippen LogP contribution is 2.34. The number of hydrogen-bond acceptors (Lipinski definition) is 5. The van der Waals surface area contributed by atoms with Crippen molar-refractivity contribution < 1.29 is 27.4 Å². The number of alkyl halides is 3. The van der Waals surface area contributed by atoms with Gasteiger partial charge in [0, 0.05) is 43.6 Å². The van der Waals surface area contributed by atoms with Crippen molar-refractivity contribution in [3.8, 4) is 11.5 Å². The van der Waals surface area contributed by atoms with Gasteiger partial charge in [-0.3, -0.25) is 9.69 Å². The average molecular weight is 421 g/mol. The molecule has 1 amide bonds. The summed E-state index contributed by atoms with van der Waals surface area (Å²) in [5.74, 6) is 1.09. The Balaban J connectivity index is 1.34. The number of fused-ring (bicyclic) bond motifs is 1. The van der Waals surface area contributed by atoms with Crippen LogP contribution in [0.15, 0.2) is 42.5 Å². The van der Waals surface area contributed by atoms with Crippen molar-refractivity contribution >= 4 is 17.3 Å². The van der Waals surface area contributed by atoms with Gasteiger partial charge in [0.1, 0.15) is 0 Å². The third-order valence-corrected chi connectivity index (χ3v) is 5.42. The lowest BCUT2D eigenvalue weighted by molar-refractivity contribution is -0.137. The van der Waals surface area contributed by atoms with E-state index in [0.717, 1.165) is 6.07 Å². The number of hydrogen-bond donors (Lipinski definition) is 1. The van der Waals surface area contributed by atoms with Crippen LogP contribution < -0.4 is 19.7 Å². The lowest BCUT2D eigenvalue weighted by Gasteiger charge is -2.38. The molecule has 0 radical (unpaired) electrons. The molecule has 2 aliphatic rings. The molecule has 2 aromatic rings. The van der Waals surface area contributed by atoms with Crippen molar-refractivity contribution in [2.75, 3.05) is 43.2 Å². The number of nitrogens with zero attached hydrogens (tertiary/aromatic N) is 2. The molecule has 4 rings (SSSR count). The third-order valence-electron chi connectivity index (χ3n) is 5.42. The maximum Gasteiger partial charge on any atom is 0.416 e. The Morgan fingerprint density at radius 3 is 2.50 bits per heavy atom. The summed E-state index contributed by atoms with van der Waals surface area (Å²) < 4.78 is 49.5. The maximum atomic E-state index is 13.0. The first-order chi connectivity index (χ1) is 14.3. The number of benzene rings is 2. The Kier molecular flexibility index (Phi) is 5.46. The molecule has 30 heavy (non-hydrogen) atoms. The summed E-state index contributed by atoms with van der Waals surface area (Å²) in [5.41, 5.74) is 0.513. The summed E-state index contributed by atoms with van der Waals surface area (Å²) in [6.07, 6.45) is -4.36. The molecule has 0 spiro atoms. The lowest BCUT2D eigenvalue weighted by atomic mass is 10.1. The summed E-state index contributed by atoms with van der Waals surface area (Å²) in [5, 5.41) is 2.88. The highest BCUT2D eigenvalue weighted by atomic mass is 19.4. The minimum absolute atomic E-state index is 0.151. The van der Waals surface area contributed by atoms with E-state index in [1.165, 1.54) is 12.1 Å². The molecule has 0 aromatic heterocycles. The molecule has 0 bridgehead atoms. The molecule has 1 atom stereocenters. The van der Waals surface area contributed by atoms with E-state index in [1.54, 1.807) is 24.3 Å². The zero-order chi connectivity index (χ0) is 21.3. The van der Waals surface area contributed by atoms with Crippen LogP contribution in [-0.2, 0) is 11.0 Å². The third kappa shape index (κ3) is 4.30. The van der Waals surface area contributed by atoms with Crippen molar-refractivity contribution in [1.29, 1.82) is 0 Å². The van der Waals surface area contributed by atoms with Crippen LogP contribution in [0, 0.1) is 0 Å². The van der Waals surface area contributed by atoms with E-state index in [4.69, 9.17) is 9.47 Å². The Morgan fingerprint density at radius 1 is 1.03 bits per heavy atom. The second kappa shape index (κ2) is 8.06. The highest BCUT2D eigenvalue weighted by Gasteiger charge is 2.31. The summed E-state index contributed by atoms with van der Waals surface area (Å²) in [6, 6.07) is 10.2. The van der Waals surface area contributed by atoms with E-state index in [9.17, 15) is 18.0 Å². The van der Waals surface area contributed by atoms with Crippen molar-refractivity contribution in [3.63, 3.8) is 0 Å².